The normalized spacial score (nSPS) is 10.6. The number of ether oxygens (including phenoxy) is 1. The van der Waals surface area contributed by atoms with Crippen molar-refractivity contribution in [3.05, 3.63) is 26.1 Å². The molecule has 1 nitrogen and oxygen atoms in total. The fourth-order valence-corrected chi connectivity index (χ4v) is 1.77. The van der Waals surface area contributed by atoms with Crippen LogP contribution >= 0.6 is 43.5 Å². The van der Waals surface area contributed by atoms with Crippen LogP contribution in [0.2, 0.25) is 5.02 Å². The largest absolute Gasteiger partial charge is 0.432 e. The zero-order valence-corrected chi connectivity index (χ0v) is 9.96. The van der Waals surface area contributed by atoms with Crippen LogP contribution in [-0.2, 0) is 0 Å². The number of hydrogen-bond donors (Lipinski definition) is 0. The van der Waals surface area contributed by atoms with Crippen molar-refractivity contribution in [3.8, 4) is 5.75 Å². The van der Waals surface area contributed by atoms with Crippen molar-refractivity contribution >= 4 is 43.5 Å². The first-order valence-corrected chi connectivity index (χ1v) is 5.07. The fourth-order valence-electron chi connectivity index (χ4n) is 0.706. The minimum Gasteiger partial charge on any atom is -0.432 e. The number of alkyl halides is 2. The Morgan fingerprint density at radius 1 is 1.31 bits per heavy atom. The monoisotopic (exact) mass is 334 g/mol. The summed E-state index contributed by atoms with van der Waals surface area (Å²) in [5, 5.41) is 0.135. The summed E-state index contributed by atoms with van der Waals surface area (Å²) >= 11 is 11.8. The summed E-state index contributed by atoms with van der Waals surface area (Å²) < 4.78 is 29.0. The van der Waals surface area contributed by atoms with Gasteiger partial charge < -0.3 is 4.74 Å². The van der Waals surface area contributed by atoms with E-state index in [1.807, 2.05) is 0 Å². The van der Waals surface area contributed by atoms with E-state index in [2.05, 4.69) is 36.6 Å². The first kappa shape index (κ1) is 11.2. The average molecular weight is 336 g/mol. The van der Waals surface area contributed by atoms with Gasteiger partial charge in [0.25, 0.3) is 0 Å². The molecule has 0 aliphatic rings. The minimum atomic E-state index is -2.89. The molecule has 0 aliphatic carbocycles. The SMILES string of the molecule is FC(F)Oc1c(Cl)ccc(Br)c1Br. The van der Waals surface area contributed by atoms with Crippen molar-refractivity contribution in [2.75, 3.05) is 0 Å². The van der Waals surface area contributed by atoms with Gasteiger partial charge in [-0.3, -0.25) is 0 Å². The summed E-state index contributed by atoms with van der Waals surface area (Å²) in [6.45, 7) is -2.89. The first-order valence-electron chi connectivity index (χ1n) is 3.10. The number of benzene rings is 1. The molecule has 0 spiro atoms. The van der Waals surface area contributed by atoms with Gasteiger partial charge in [0.2, 0.25) is 0 Å². The molecule has 0 saturated carbocycles. The molecule has 0 radical (unpaired) electrons. The van der Waals surface area contributed by atoms with Gasteiger partial charge in [0.05, 0.1) is 9.50 Å². The minimum absolute atomic E-state index is 0.0639. The maximum Gasteiger partial charge on any atom is 0.387 e. The summed E-state index contributed by atoms with van der Waals surface area (Å²) in [6.07, 6.45) is 0. The Balaban J connectivity index is 3.10. The van der Waals surface area contributed by atoms with Crippen LogP contribution in [0.25, 0.3) is 0 Å². The van der Waals surface area contributed by atoms with Crippen LogP contribution in [0.5, 0.6) is 5.75 Å². The van der Waals surface area contributed by atoms with E-state index in [-0.39, 0.29) is 10.8 Å². The van der Waals surface area contributed by atoms with E-state index in [0.29, 0.717) is 8.95 Å². The van der Waals surface area contributed by atoms with Gasteiger partial charge in [0.1, 0.15) is 0 Å². The molecule has 0 amide bonds. The van der Waals surface area contributed by atoms with E-state index in [1.54, 1.807) is 6.07 Å². The van der Waals surface area contributed by atoms with E-state index < -0.39 is 6.61 Å². The highest BCUT2D eigenvalue weighted by molar-refractivity contribution is 9.13. The molecule has 0 aromatic heterocycles. The summed E-state index contributed by atoms with van der Waals surface area (Å²) in [7, 11) is 0. The van der Waals surface area contributed by atoms with E-state index in [4.69, 9.17) is 11.6 Å². The van der Waals surface area contributed by atoms with Gasteiger partial charge in [0.15, 0.2) is 5.75 Å². The molecule has 0 heterocycles. The lowest BCUT2D eigenvalue weighted by atomic mass is 10.3. The molecule has 1 aromatic carbocycles. The predicted octanol–water partition coefficient (Wildman–Crippen LogP) is 4.47. The van der Waals surface area contributed by atoms with E-state index in [0.717, 1.165) is 0 Å². The standard InChI is InChI=1S/C7H3Br2ClF2O/c8-3-1-2-4(10)6(5(3)9)13-7(11)12/h1-2,7H. The van der Waals surface area contributed by atoms with E-state index in [9.17, 15) is 8.78 Å². The van der Waals surface area contributed by atoms with Crippen molar-refractivity contribution in [2.45, 2.75) is 6.61 Å². The third-order valence-corrected chi connectivity index (χ3v) is 3.49. The second-order valence-electron chi connectivity index (χ2n) is 2.05. The highest BCUT2D eigenvalue weighted by atomic mass is 79.9. The molecular weight excluding hydrogens is 333 g/mol. The number of hydrogen-bond acceptors (Lipinski definition) is 1. The van der Waals surface area contributed by atoms with Crippen molar-refractivity contribution in [1.29, 1.82) is 0 Å². The lowest BCUT2D eigenvalue weighted by Gasteiger charge is -2.09. The highest BCUT2D eigenvalue weighted by Gasteiger charge is 2.14. The lowest BCUT2D eigenvalue weighted by Crippen LogP contribution is -2.03. The van der Waals surface area contributed by atoms with Crippen LogP contribution in [0, 0.1) is 0 Å². The van der Waals surface area contributed by atoms with Crippen LogP contribution in [0.15, 0.2) is 21.1 Å². The number of halogens is 5. The maximum absolute atomic E-state index is 11.9. The van der Waals surface area contributed by atoms with Crippen LogP contribution in [0.3, 0.4) is 0 Å². The van der Waals surface area contributed by atoms with Gasteiger partial charge in [-0.25, -0.2) is 0 Å². The van der Waals surface area contributed by atoms with Crippen molar-refractivity contribution in [1.82, 2.24) is 0 Å². The summed E-state index contributed by atoms with van der Waals surface area (Å²) in [5.74, 6) is -0.0639. The third-order valence-electron chi connectivity index (χ3n) is 1.21. The molecule has 0 atom stereocenters. The Morgan fingerprint density at radius 2 is 1.92 bits per heavy atom. The molecule has 72 valence electrons. The zero-order chi connectivity index (χ0) is 10.0. The Hall–Kier alpha value is 0.130. The third kappa shape index (κ3) is 2.79. The molecule has 0 unspecified atom stereocenters. The number of rotatable bonds is 2. The summed E-state index contributed by atoms with van der Waals surface area (Å²) in [5.41, 5.74) is 0. The molecule has 1 aromatic rings. The zero-order valence-electron chi connectivity index (χ0n) is 6.03. The summed E-state index contributed by atoms with van der Waals surface area (Å²) in [6, 6.07) is 3.10. The molecule has 1 rings (SSSR count). The Labute approximate surface area is 95.3 Å². The molecule has 6 heteroatoms. The fraction of sp³-hybridized carbons (Fsp3) is 0.143. The van der Waals surface area contributed by atoms with Crippen LogP contribution < -0.4 is 4.74 Å². The van der Waals surface area contributed by atoms with Gasteiger partial charge >= 0.3 is 6.61 Å². The van der Waals surface area contributed by atoms with Crippen LogP contribution in [-0.4, -0.2) is 6.61 Å². The molecule has 0 saturated heterocycles. The Kier molecular flexibility index (Phi) is 3.94. The Morgan fingerprint density at radius 3 is 2.46 bits per heavy atom. The molecule has 13 heavy (non-hydrogen) atoms. The first-order chi connectivity index (χ1) is 6.02. The van der Waals surface area contributed by atoms with Crippen molar-refractivity contribution in [2.24, 2.45) is 0 Å². The highest BCUT2D eigenvalue weighted by Crippen LogP contribution is 2.39. The molecular formula is C7H3Br2ClF2O. The van der Waals surface area contributed by atoms with E-state index in [1.165, 1.54) is 6.07 Å². The second kappa shape index (κ2) is 4.57. The molecule has 0 aliphatic heterocycles. The average Bonchev–Trinajstić information content (AvgIpc) is 2.05. The smallest absolute Gasteiger partial charge is 0.387 e. The molecule has 0 fully saturated rings. The van der Waals surface area contributed by atoms with Gasteiger partial charge in [-0.2, -0.15) is 8.78 Å². The molecule has 0 bridgehead atoms. The van der Waals surface area contributed by atoms with Gasteiger partial charge in [-0.05, 0) is 44.0 Å². The van der Waals surface area contributed by atoms with Crippen LogP contribution in [0.4, 0.5) is 8.78 Å². The predicted molar refractivity (Wildman–Crippen MR) is 53.5 cm³/mol. The van der Waals surface area contributed by atoms with Crippen LogP contribution in [0.1, 0.15) is 0 Å². The maximum atomic E-state index is 11.9. The quantitative estimate of drug-likeness (QED) is 0.724. The lowest BCUT2D eigenvalue weighted by molar-refractivity contribution is -0.0503. The van der Waals surface area contributed by atoms with E-state index >= 15 is 0 Å². The van der Waals surface area contributed by atoms with Gasteiger partial charge in [0, 0.05) is 4.47 Å². The topological polar surface area (TPSA) is 9.23 Å². The Bertz CT molecular complexity index is 320. The molecule has 0 N–H and O–H groups in total. The van der Waals surface area contributed by atoms with Crippen molar-refractivity contribution in [3.63, 3.8) is 0 Å². The second-order valence-corrected chi connectivity index (χ2v) is 4.11. The summed E-state index contributed by atoms with van der Waals surface area (Å²) in [4.78, 5) is 0. The van der Waals surface area contributed by atoms with Gasteiger partial charge in [-0.1, -0.05) is 11.6 Å². The van der Waals surface area contributed by atoms with Gasteiger partial charge in [-0.15, -0.1) is 0 Å². The van der Waals surface area contributed by atoms with Crippen molar-refractivity contribution < 1.29 is 13.5 Å².